The molecule has 8 heteroatoms. The van der Waals surface area contributed by atoms with Crippen LogP contribution in [0.4, 0.5) is 0 Å². The topological polar surface area (TPSA) is 88.9 Å². The van der Waals surface area contributed by atoms with Gasteiger partial charge in [-0.05, 0) is 72.9 Å². The zero-order valence-electron chi connectivity index (χ0n) is 23.6. The van der Waals surface area contributed by atoms with Gasteiger partial charge in [-0.1, -0.05) is 78.3 Å². The van der Waals surface area contributed by atoms with Gasteiger partial charge in [0.05, 0.1) is 18.6 Å². The van der Waals surface area contributed by atoms with Crippen molar-refractivity contribution in [3.05, 3.63) is 119 Å². The van der Waals surface area contributed by atoms with Crippen LogP contribution >= 0.6 is 11.6 Å². The largest absolute Gasteiger partial charge is 0.345 e. The molecule has 0 unspecified atom stereocenters. The highest BCUT2D eigenvalue weighted by molar-refractivity contribution is 6.30. The van der Waals surface area contributed by atoms with Gasteiger partial charge in [-0.15, -0.1) is 0 Å². The van der Waals surface area contributed by atoms with Gasteiger partial charge in [-0.3, -0.25) is 14.3 Å². The first-order valence-corrected chi connectivity index (χ1v) is 15.1. The van der Waals surface area contributed by atoms with Crippen LogP contribution in [0.15, 0.2) is 91.5 Å². The highest BCUT2D eigenvalue weighted by atomic mass is 35.5. The van der Waals surface area contributed by atoms with Gasteiger partial charge in [0.25, 0.3) is 0 Å². The van der Waals surface area contributed by atoms with E-state index in [2.05, 4.69) is 57.1 Å². The van der Waals surface area contributed by atoms with Gasteiger partial charge in [0, 0.05) is 22.9 Å². The summed E-state index contributed by atoms with van der Waals surface area (Å²) in [4.78, 5) is 31.9. The van der Waals surface area contributed by atoms with E-state index in [9.17, 15) is 9.59 Å². The van der Waals surface area contributed by atoms with Crippen molar-refractivity contribution in [1.29, 1.82) is 0 Å². The van der Waals surface area contributed by atoms with Crippen LogP contribution in [0.25, 0.3) is 0 Å². The van der Waals surface area contributed by atoms with Crippen LogP contribution < -0.4 is 10.6 Å². The third-order valence-electron chi connectivity index (χ3n) is 9.07. The zero-order chi connectivity index (χ0) is 28.9. The second kappa shape index (κ2) is 12.6. The average molecular weight is 582 g/mol. The number of aromatic nitrogens is 3. The molecule has 6 rings (SSSR count). The van der Waals surface area contributed by atoms with Crippen molar-refractivity contribution in [2.75, 3.05) is 0 Å². The third-order valence-corrected chi connectivity index (χ3v) is 9.33. The summed E-state index contributed by atoms with van der Waals surface area (Å²) in [5.41, 5.74) is 4.50. The Morgan fingerprint density at radius 3 is 2.40 bits per heavy atom. The zero-order valence-corrected chi connectivity index (χ0v) is 24.3. The Labute approximate surface area is 251 Å². The smallest absolute Gasteiger partial charge is 0.238 e. The van der Waals surface area contributed by atoms with E-state index in [0.29, 0.717) is 24.4 Å². The normalized spacial score (nSPS) is 22.6. The van der Waals surface area contributed by atoms with Gasteiger partial charge in [-0.2, -0.15) is 5.10 Å². The lowest BCUT2D eigenvalue weighted by molar-refractivity contribution is -0.132. The minimum Gasteiger partial charge on any atom is -0.345 e. The summed E-state index contributed by atoms with van der Waals surface area (Å²) in [6.07, 6.45) is 7.59. The quantitative estimate of drug-likeness (QED) is 0.288. The fourth-order valence-corrected chi connectivity index (χ4v) is 6.81. The Kier molecular flexibility index (Phi) is 8.49. The number of fused-ring (bicyclic) bond motifs is 1. The Bertz CT molecular complexity index is 1500. The molecule has 1 aliphatic carbocycles. The van der Waals surface area contributed by atoms with E-state index >= 15 is 0 Å². The monoisotopic (exact) mass is 581 g/mol. The maximum absolute atomic E-state index is 14.2. The predicted molar refractivity (Wildman–Crippen MR) is 163 cm³/mol. The van der Waals surface area contributed by atoms with Gasteiger partial charge in [-0.25, -0.2) is 4.98 Å². The molecule has 216 valence electrons. The molecule has 2 aliphatic rings. The number of carbonyl (C=O) groups excluding carboxylic acids is 2. The SMILES string of the molecule is O=C(N[C@H](Cc1ccc(Cl)cc1)C(=O)C1CCC(Cn2cncn2)(c2ccccc2)CC1)[C@@H]1Cc2ccccc2CN1. The van der Waals surface area contributed by atoms with Crippen LogP contribution in [0, 0.1) is 5.92 Å². The molecule has 1 fully saturated rings. The standard InChI is InChI=1S/C34H36ClN5O2/c35-29-12-10-24(11-13-29)18-30(39-33(42)31-19-26-6-4-5-7-27(26)20-37-31)32(41)25-14-16-34(17-15-25,21-40-23-36-22-38-40)28-8-2-1-3-9-28/h1-13,22-23,25,30-31,37H,14-21H2,(H,39,42)/t25?,30-,31+,34?/m1/s1. The first-order valence-electron chi connectivity index (χ1n) is 14.8. The van der Waals surface area contributed by atoms with E-state index in [-0.39, 0.29) is 29.1 Å². The number of nitrogens with zero attached hydrogens (tertiary/aromatic N) is 3. The summed E-state index contributed by atoms with van der Waals surface area (Å²) in [6.45, 7) is 1.36. The van der Waals surface area contributed by atoms with Crippen molar-refractivity contribution in [2.45, 2.75) is 69.1 Å². The Morgan fingerprint density at radius 2 is 1.69 bits per heavy atom. The molecule has 4 aromatic rings. The van der Waals surface area contributed by atoms with Crippen LogP contribution in [0.2, 0.25) is 5.02 Å². The highest BCUT2D eigenvalue weighted by Gasteiger charge is 2.41. The number of ketones is 1. The first-order chi connectivity index (χ1) is 20.5. The van der Waals surface area contributed by atoms with E-state index in [1.165, 1.54) is 16.7 Å². The average Bonchev–Trinajstić information content (AvgIpc) is 3.55. The molecule has 1 aliphatic heterocycles. The van der Waals surface area contributed by atoms with Gasteiger partial charge in [0.1, 0.15) is 12.7 Å². The van der Waals surface area contributed by atoms with E-state index in [1.807, 2.05) is 47.1 Å². The summed E-state index contributed by atoms with van der Waals surface area (Å²) < 4.78 is 1.90. The van der Waals surface area contributed by atoms with Crippen LogP contribution in [-0.4, -0.2) is 38.5 Å². The second-order valence-electron chi connectivity index (χ2n) is 11.7. The highest BCUT2D eigenvalue weighted by Crippen LogP contribution is 2.43. The molecule has 0 saturated heterocycles. The molecule has 3 aromatic carbocycles. The predicted octanol–water partition coefficient (Wildman–Crippen LogP) is 5.07. The summed E-state index contributed by atoms with van der Waals surface area (Å²) in [5, 5.41) is 11.6. The number of hydrogen-bond acceptors (Lipinski definition) is 5. The number of benzene rings is 3. The minimum absolute atomic E-state index is 0.108. The number of rotatable bonds is 9. The maximum Gasteiger partial charge on any atom is 0.238 e. The Morgan fingerprint density at radius 1 is 0.976 bits per heavy atom. The molecule has 2 atom stereocenters. The summed E-state index contributed by atoms with van der Waals surface area (Å²) in [5.74, 6) is -0.149. The lowest BCUT2D eigenvalue weighted by Gasteiger charge is -2.41. The molecule has 0 bridgehead atoms. The van der Waals surface area contributed by atoms with Crippen LogP contribution in [0.3, 0.4) is 0 Å². The van der Waals surface area contributed by atoms with Gasteiger partial charge in [0.2, 0.25) is 5.91 Å². The maximum atomic E-state index is 14.2. The van der Waals surface area contributed by atoms with Crippen molar-refractivity contribution in [1.82, 2.24) is 25.4 Å². The van der Waals surface area contributed by atoms with Crippen LogP contribution in [0.5, 0.6) is 0 Å². The van der Waals surface area contributed by atoms with Crippen molar-refractivity contribution in [3.8, 4) is 0 Å². The Hall–Kier alpha value is -3.81. The molecule has 1 saturated carbocycles. The number of hydrogen-bond donors (Lipinski definition) is 2. The molecular formula is C34H36ClN5O2. The van der Waals surface area contributed by atoms with E-state index in [0.717, 1.165) is 37.8 Å². The van der Waals surface area contributed by atoms with E-state index in [4.69, 9.17) is 11.6 Å². The molecular weight excluding hydrogens is 546 g/mol. The number of halogens is 1. The molecule has 0 radical (unpaired) electrons. The number of Topliss-reactive ketones (excluding diaryl/α,β-unsaturated/α-hetero) is 1. The van der Waals surface area contributed by atoms with E-state index < -0.39 is 6.04 Å². The third kappa shape index (κ3) is 6.32. The molecule has 1 amide bonds. The molecule has 0 spiro atoms. The van der Waals surface area contributed by atoms with Crippen molar-refractivity contribution >= 4 is 23.3 Å². The molecule has 2 heterocycles. The minimum atomic E-state index is -0.609. The lowest BCUT2D eigenvalue weighted by atomic mass is 9.65. The van der Waals surface area contributed by atoms with Crippen molar-refractivity contribution < 1.29 is 9.59 Å². The summed E-state index contributed by atoms with van der Waals surface area (Å²) in [6, 6.07) is 25.3. The number of amides is 1. The number of nitrogens with one attached hydrogen (secondary N) is 2. The lowest BCUT2D eigenvalue weighted by Crippen LogP contribution is -2.54. The molecule has 42 heavy (non-hydrogen) atoms. The number of carbonyl (C=O) groups is 2. The summed E-state index contributed by atoms with van der Waals surface area (Å²) >= 11 is 6.13. The molecule has 2 N–H and O–H groups in total. The summed E-state index contributed by atoms with van der Waals surface area (Å²) in [7, 11) is 0. The van der Waals surface area contributed by atoms with Crippen molar-refractivity contribution in [2.24, 2.45) is 5.92 Å². The van der Waals surface area contributed by atoms with Gasteiger partial charge < -0.3 is 10.6 Å². The van der Waals surface area contributed by atoms with Gasteiger partial charge in [0.15, 0.2) is 5.78 Å². The fourth-order valence-electron chi connectivity index (χ4n) is 6.68. The second-order valence-corrected chi connectivity index (χ2v) is 12.2. The Balaban J connectivity index is 1.19. The van der Waals surface area contributed by atoms with E-state index in [1.54, 1.807) is 12.7 Å². The van der Waals surface area contributed by atoms with Crippen LogP contribution in [0.1, 0.15) is 47.9 Å². The fraction of sp³-hybridized carbons (Fsp3) is 0.353. The van der Waals surface area contributed by atoms with Crippen molar-refractivity contribution in [3.63, 3.8) is 0 Å². The van der Waals surface area contributed by atoms with Crippen LogP contribution in [-0.2, 0) is 40.9 Å². The van der Waals surface area contributed by atoms with Gasteiger partial charge >= 0.3 is 0 Å². The first kappa shape index (κ1) is 28.3. The molecule has 7 nitrogen and oxygen atoms in total. The molecule has 1 aromatic heterocycles.